The lowest BCUT2D eigenvalue weighted by molar-refractivity contribution is 0.0543. The van der Waals surface area contributed by atoms with Crippen molar-refractivity contribution in [2.45, 2.75) is 46.2 Å². The molecular formula is C12H24N2. The molecule has 2 aliphatic heterocycles. The summed E-state index contributed by atoms with van der Waals surface area (Å²) >= 11 is 0. The molecule has 1 N–H and O–H groups in total. The molecule has 0 aliphatic carbocycles. The Labute approximate surface area is 88.1 Å². The van der Waals surface area contributed by atoms with Crippen molar-refractivity contribution in [1.29, 1.82) is 0 Å². The summed E-state index contributed by atoms with van der Waals surface area (Å²) in [7, 11) is 0. The lowest BCUT2D eigenvalue weighted by Crippen LogP contribution is -2.63. The van der Waals surface area contributed by atoms with E-state index in [2.05, 4.69) is 37.9 Å². The molecule has 0 aromatic heterocycles. The summed E-state index contributed by atoms with van der Waals surface area (Å²) in [6.07, 6.45) is 1.37. The molecule has 14 heavy (non-hydrogen) atoms. The third-order valence-corrected chi connectivity index (χ3v) is 3.62. The summed E-state index contributed by atoms with van der Waals surface area (Å²) in [5, 5.41) is 3.69. The standard InChI is InChI=1S/C12H24N2/c1-9-6-14(7-9)8-10-5-11(13-10)12(2,3)4/h9-11,13H,5-8H2,1-4H3. The first kappa shape index (κ1) is 10.4. The van der Waals surface area contributed by atoms with Gasteiger partial charge in [-0.2, -0.15) is 0 Å². The minimum atomic E-state index is 0.443. The van der Waals surface area contributed by atoms with Crippen molar-refractivity contribution in [3.05, 3.63) is 0 Å². The van der Waals surface area contributed by atoms with Gasteiger partial charge >= 0.3 is 0 Å². The summed E-state index contributed by atoms with van der Waals surface area (Å²) in [5.74, 6) is 0.938. The van der Waals surface area contributed by atoms with Crippen LogP contribution in [0, 0.1) is 11.3 Å². The first-order chi connectivity index (χ1) is 6.45. The monoisotopic (exact) mass is 196 g/mol. The van der Waals surface area contributed by atoms with E-state index in [0.29, 0.717) is 5.41 Å². The molecule has 0 aromatic carbocycles. The van der Waals surface area contributed by atoms with Crippen LogP contribution in [0.15, 0.2) is 0 Å². The van der Waals surface area contributed by atoms with E-state index in [-0.39, 0.29) is 0 Å². The van der Waals surface area contributed by atoms with Crippen LogP contribution in [-0.4, -0.2) is 36.6 Å². The highest BCUT2D eigenvalue weighted by Crippen LogP contribution is 2.30. The Morgan fingerprint density at radius 1 is 1.29 bits per heavy atom. The highest BCUT2D eigenvalue weighted by molar-refractivity contribution is 4.97. The van der Waals surface area contributed by atoms with E-state index in [1.807, 2.05) is 0 Å². The summed E-state index contributed by atoms with van der Waals surface area (Å²) in [6, 6.07) is 1.51. The van der Waals surface area contributed by atoms with Crippen molar-refractivity contribution >= 4 is 0 Å². The number of rotatable bonds is 2. The normalized spacial score (nSPS) is 35.1. The van der Waals surface area contributed by atoms with Crippen molar-refractivity contribution in [1.82, 2.24) is 10.2 Å². The van der Waals surface area contributed by atoms with Crippen LogP contribution < -0.4 is 5.32 Å². The first-order valence-electron chi connectivity index (χ1n) is 5.93. The van der Waals surface area contributed by atoms with Gasteiger partial charge in [0.1, 0.15) is 0 Å². The Morgan fingerprint density at radius 2 is 1.86 bits per heavy atom. The Bertz CT molecular complexity index is 195. The number of hydrogen-bond acceptors (Lipinski definition) is 2. The fourth-order valence-corrected chi connectivity index (χ4v) is 2.56. The van der Waals surface area contributed by atoms with Crippen LogP contribution in [0.5, 0.6) is 0 Å². The van der Waals surface area contributed by atoms with Crippen LogP contribution in [-0.2, 0) is 0 Å². The average Bonchev–Trinajstić information content (AvgIpc) is 1.88. The van der Waals surface area contributed by atoms with Crippen LogP contribution in [0.2, 0.25) is 0 Å². The average molecular weight is 196 g/mol. The molecule has 0 amide bonds. The lowest BCUT2D eigenvalue weighted by Gasteiger charge is -2.49. The highest BCUT2D eigenvalue weighted by Gasteiger charge is 2.38. The second-order valence-electron chi connectivity index (χ2n) is 6.34. The van der Waals surface area contributed by atoms with Crippen molar-refractivity contribution in [2.75, 3.05) is 19.6 Å². The Hall–Kier alpha value is -0.0800. The predicted octanol–water partition coefficient (Wildman–Crippen LogP) is 1.71. The molecule has 0 spiro atoms. The third-order valence-electron chi connectivity index (χ3n) is 3.62. The first-order valence-corrected chi connectivity index (χ1v) is 5.93. The molecule has 2 fully saturated rings. The maximum Gasteiger partial charge on any atom is 0.0212 e. The van der Waals surface area contributed by atoms with Gasteiger partial charge in [0.25, 0.3) is 0 Å². The maximum atomic E-state index is 3.69. The molecule has 0 radical (unpaired) electrons. The maximum absolute atomic E-state index is 3.69. The molecule has 2 heteroatoms. The summed E-state index contributed by atoms with van der Waals surface area (Å²) in [6.45, 7) is 13.2. The molecule has 2 heterocycles. The number of likely N-dealkylation sites (tertiary alicyclic amines) is 1. The molecule has 2 aliphatic rings. The van der Waals surface area contributed by atoms with Gasteiger partial charge in [-0.05, 0) is 17.8 Å². The molecule has 2 rings (SSSR count). The van der Waals surface area contributed by atoms with Crippen molar-refractivity contribution in [3.8, 4) is 0 Å². The molecule has 82 valence electrons. The van der Waals surface area contributed by atoms with Crippen LogP contribution in [0.3, 0.4) is 0 Å². The molecule has 2 atom stereocenters. The molecule has 2 saturated heterocycles. The van der Waals surface area contributed by atoms with E-state index in [1.54, 1.807) is 0 Å². The fourth-order valence-electron chi connectivity index (χ4n) is 2.56. The summed E-state index contributed by atoms with van der Waals surface area (Å²) in [4.78, 5) is 2.57. The Balaban J connectivity index is 1.64. The van der Waals surface area contributed by atoms with E-state index in [0.717, 1.165) is 18.0 Å². The quantitative estimate of drug-likeness (QED) is 0.723. The number of nitrogens with zero attached hydrogens (tertiary/aromatic N) is 1. The SMILES string of the molecule is CC1CN(CC2CC(C(C)(C)C)N2)C1. The van der Waals surface area contributed by atoms with Crippen LogP contribution >= 0.6 is 0 Å². The Morgan fingerprint density at radius 3 is 2.29 bits per heavy atom. The zero-order chi connectivity index (χ0) is 10.3. The van der Waals surface area contributed by atoms with Crippen LogP contribution in [0.25, 0.3) is 0 Å². The van der Waals surface area contributed by atoms with E-state index in [4.69, 9.17) is 0 Å². The smallest absolute Gasteiger partial charge is 0.0212 e. The van der Waals surface area contributed by atoms with Gasteiger partial charge in [0.05, 0.1) is 0 Å². The summed E-state index contributed by atoms with van der Waals surface area (Å²) < 4.78 is 0. The topological polar surface area (TPSA) is 15.3 Å². The van der Waals surface area contributed by atoms with E-state index < -0.39 is 0 Å². The second kappa shape index (κ2) is 3.49. The molecule has 0 aromatic rings. The minimum absolute atomic E-state index is 0.443. The lowest BCUT2D eigenvalue weighted by atomic mass is 9.77. The van der Waals surface area contributed by atoms with Gasteiger partial charge in [-0.15, -0.1) is 0 Å². The van der Waals surface area contributed by atoms with E-state index in [9.17, 15) is 0 Å². The Kier molecular flexibility index (Phi) is 2.61. The fraction of sp³-hybridized carbons (Fsp3) is 1.00. The van der Waals surface area contributed by atoms with Gasteiger partial charge in [0, 0.05) is 31.7 Å². The highest BCUT2D eigenvalue weighted by atomic mass is 15.2. The minimum Gasteiger partial charge on any atom is -0.309 e. The van der Waals surface area contributed by atoms with Crippen molar-refractivity contribution in [3.63, 3.8) is 0 Å². The molecular weight excluding hydrogens is 172 g/mol. The second-order valence-corrected chi connectivity index (χ2v) is 6.34. The zero-order valence-corrected chi connectivity index (χ0v) is 10.0. The predicted molar refractivity (Wildman–Crippen MR) is 60.4 cm³/mol. The van der Waals surface area contributed by atoms with Crippen LogP contribution in [0.4, 0.5) is 0 Å². The third kappa shape index (κ3) is 2.12. The summed E-state index contributed by atoms with van der Waals surface area (Å²) in [5.41, 5.74) is 0.443. The molecule has 2 unspecified atom stereocenters. The largest absolute Gasteiger partial charge is 0.309 e. The van der Waals surface area contributed by atoms with Gasteiger partial charge < -0.3 is 10.2 Å². The van der Waals surface area contributed by atoms with E-state index >= 15 is 0 Å². The van der Waals surface area contributed by atoms with Gasteiger partial charge in [-0.3, -0.25) is 0 Å². The molecule has 2 nitrogen and oxygen atoms in total. The zero-order valence-electron chi connectivity index (χ0n) is 10.0. The van der Waals surface area contributed by atoms with Crippen molar-refractivity contribution < 1.29 is 0 Å². The molecule has 0 bridgehead atoms. The van der Waals surface area contributed by atoms with Gasteiger partial charge in [0.15, 0.2) is 0 Å². The number of nitrogens with one attached hydrogen (secondary N) is 1. The van der Waals surface area contributed by atoms with E-state index in [1.165, 1.54) is 26.1 Å². The van der Waals surface area contributed by atoms with Gasteiger partial charge in [0.2, 0.25) is 0 Å². The van der Waals surface area contributed by atoms with Crippen LogP contribution in [0.1, 0.15) is 34.1 Å². The van der Waals surface area contributed by atoms with Crippen molar-refractivity contribution in [2.24, 2.45) is 11.3 Å². The molecule has 0 saturated carbocycles. The number of hydrogen-bond donors (Lipinski definition) is 1. The van der Waals surface area contributed by atoms with Gasteiger partial charge in [-0.1, -0.05) is 27.7 Å². The van der Waals surface area contributed by atoms with Gasteiger partial charge in [-0.25, -0.2) is 0 Å².